The molecule has 0 aliphatic rings. The van der Waals surface area contributed by atoms with Crippen molar-refractivity contribution in [2.45, 2.75) is 12.8 Å². The molecular formula is C21H19N3O. The third kappa shape index (κ3) is 2.94. The van der Waals surface area contributed by atoms with Crippen LogP contribution >= 0.6 is 0 Å². The zero-order chi connectivity index (χ0) is 17.2. The van der Waals surface area contributed by atoms with E-state index in [1.54, 1.807) is 0 Å². The minimum Gasteiger partial charge on any atom is -0.361 e. The van der Waals surface area contributed by atoms with Crippen LogP contribution in [0.1, 0.15) is 24.0 Å². The van der Waals surface area contributed by atoms with E-state index in [-0.39, 0.29) is 11.5 Å². The van der Waals surface area contributed by atoms with E-state index in [0.717, 1.165) is 21.8 Å². The van der Waals surface area contributed by atoms with Crippen LogP contribution < -0.4 is 16.1 Å². The molecule has 124 valence electrons. The van der Waals surface area contributed by atoms with Gasteiger partial charge in [0.25, 0.3) is 5.56 Å². The van der Waals surface area contributed by atoms with Gasteiger partial charge in [0.2, 0.25) is 0 Å². The first-order chi connectivity index (χ1) is 12.2. The molecule has 2 aromatic heterocycles. The molecule has 3 N–H and O–H groups in total. The second-order valence-electron chi connectivity index (χ2n) is 6.21. The maximum Gasteiger partial charge on any atom is 0.271 e. The average Bonchev–Trinajstić information content (AvgIpc) is 3.21. The van der Waals surface area contributed by atoms with E-state index >= 15 is 0 Å². The van der Waals surface area contributed by atoms with Gasteiger partial charge in [0.1, 0.15) is 0 Å². The molecule has 0 radical (unpaired) electrons. The number of fused-ring (bicyclic) bond motifs is 1. The van der Waals surface area contributed by atoms with E-state index in [4.69, 9.17) is 0 Å². The predicted octanol–water partition coefficient (Wildman–Crippen LogP) is 2.60. The quantitative estimate of drug-likeness (QED) is 0.531. The van der Waals surface area contributed by atoms with Crippen molar-refractivity contribution in [2.75, 3.05) is 0 Å². The Hall–Kier alpha value is -3.27. The molecule has 25 heavy (non-hydrogen) atoms. The van der Waals surface area contributed by atoms with Crippen LogP contribution in [-0.2, 0) is 0 Å². The maximum absolute atomic E-state index is 12.3. The molecule has 2 heterocycles. The summed E-state index contributed by atoms with van der Waals surface area (Å²) < 4.78 is 0. The van der Waals surface area contributed by atoms with Crippen LogP contribution in [0, 0.1) is 0 Å². The third-order valence-corrected chi connectivity index (χ3v) is 4.51. The summed E-state index contributed by atoms with van der Waals surface area (Å²) in [5.41, 5.74) is 3.16. The van der Waals surface area contributed by atoms with Crippen LogP contribution in [0.4, 0.5) is 0 Å². The fourth-order valence-electron chi connectivity index (χ4n) is 3.13. The number of benzene rings is 2. The molecule has 0 aliphatic heterocycles. The van der Waals surface area contributed by atoms with Crippen LogP contribution in [0.5, 0.6) is 0 Å². The number of rotatable bonds is 3. The van der Waals surface area contributed by atoms with Crippen molar-refractivity contribution in [1.29, 1.82) is 0 Å². The Morgan fingerprint density at radius 2 is 1.72 bits per heavy atom. The van der Waals surface area contributed by atoms with Crippen molar-refractivity contribution >= 4 is 23.1 Å². The van der Waals surface area contributed by atoms with Crippen molar-refractivity contribution in [3.63, 3.8) is 0 Å². The molecule has 1 unspecified atom stereocenters. The summed E-state index contributed by atoms with van der Waals surface area (Å²) in [5.74, 6) is 0.197. The highest BCUT2D eigenvalue weighted by molar-refractivity contribution is 5.88. The zero-order valence-electron chi connectivity index (χ0n) is 13.9. The number of hydrogen-bond donors (Lipinski definition) is 3. The van der Waals surface area contributed by atoms with Gasteiger partial charge in [0.05, 0.1) is 10.6 Å². The molecule has 0 aliphatic carbocycles. The highest BCUT2D eigenvalue weighted by Crippen LogP contribution is 2.18. The number of H-pyrrole nitrogens is 3. The summed E-state index contributed by atoms with van der Waals surface area (Å²) in [6.07, 6.45) is 5.94. The molecular weight excluding hydrogens is 310 g/mol. The van der Waals surface area contributed by atoms with Crippen LogP contribution in [0.15, 0.2) is 65.6 Å². The minimum atomic E-state index is -0.114. The summed E-state index contributed by atoms with van der Waals surface area (Å²) in [6.45, 7) is 2.12. The van der Waals surface area contributed by atoms with Gasteiger partial charge in [-0.1, -0.05) is 61.5 Å². The van der Waals surface area contributed by atoms with Crippen molar-refractivity contribution in [1.82, 2.24) is 15.2 Å². The normalized spacial score (nSPS) is 14.3. The van der Waals surface area contributed by atoms with Crippen molar-refractivity contribution < 1.29 is 0 Å². The molecule has 4 nitrogen and oxygen atoms in total. The van der Waals surface area contributed by atoms with Crippen LogP contribution in [-0.4, -0.2) is 15.2 Å². The molecule has 2 aromatic carbocycles. The summed E-state index contributed by atoms with van der Waals surface area (Å²) in [6, 6.07) is 18.3. The average molecular weight is 329 g/mol. The minimum absolute atomic E-state index is 0.114. The number of aromatic nitrogens is 3. The number of para-hydroxylation sites is 1. The predicted molar refractivity (Wildman–Crippen MR) is 102 cm³/mol. The van der Waals surface area contributed by atoms with Crippen LogP contribution in [0.2, 0.25) is 0 Å². The topological polar surface area (TPSA) is 64.4 Å². The van der Waals surface area contributed by atoms with Gasteiger partial charge in [-0.25, -0.2) is 0 Å². The van der Waals surface area contributed by atoms with Gasteiger partial charge in [-0.15, -0.1) is 0 Å². The SMILES string of the molecule is CC(C=c1[nH][nH]c(=O)c1=Cc1c[nH]c2ccccc12)c1ccccc1. The molecule has 4 aromatic rings. The van der Waals surface area contributed by atoms with E-state index in [9.17, 15) is 4.79 Å². The largest absolute Gasteiger partial charge is 0.361 e. The fourth-order valence-corrected chi connectivity index (χ4v) is 3.13. The molecule has 0 bridgehead atoms. The Balaban J connectivity index is 1.86. The molecule has 0 saturated heterocycles. The number of aromatic amines is 3. The monoisotopic (exact) mass is 329 g/mol. The second kappa shape index (κ2) is 6.32. The van der Waals surface area contributed by atoms with Crippen molar-refractivity contribution in [2.24, 2.45) is 0 Å². The van der Waals surface area contributed by atoms with E-state index in [1.807, 2.05) is 48.7 Å². The van der Waals surface area contributed by atoms with Gasteiger partial charge >= 0.3 is 0 Å². The Kier molecular flexibility index (Phi) is 3.86. The highest BCUT2D eigenvalue weighted by Gasteiger charge is 2.04. The standard InChI is InChI=1S/C21H19N3O/c1-14(15-7-3-2-4-8-15)11-20-18(21(25)24-23-20)12-16-13-22-19-10-6-5-9-17(16)19/h2-14,22-23H,1H3,(H,24,25). The van der Waals surface area contributed by atoms with E-state index in [2.05, 4.69) is 46.4 Å². The van der Waals surface area contributed by atoms with Gasteiger partial charge in [0.15, 0.2) is 0 Å². The Morgan fingerprint density at radius 3 is 2.56 bits per heavy atom. The van der Waals surface area contributed by atoms with Gasteiger partial charge in [-0.3, -0.25) is 15.0 Å². The first-order valence-corrected chi connectivity index (χ1v) is 8.33. The molecule has 0 amide bonds. The molecule has 0 spiro atoms. The summed E-state index contributed by atoms with van der Waals surface area (Å²) >= 11 is 0. The maximum atomic E-state index is 12.3. The first kappa shape index (κ1) is 15.3. The zero-order valence-corrected chi connectivity index (χ0v) is 13.9. The van der Waals surface area contributed by atoms with Crippen molar-refractivity contribution in [3.05, 3.63) is 92.8 Å². The molecule has 0 fully saturated rings. The summed E-state index contributed by atoms with van der Waals surface area (Å²) in [5, 5.41) is 8.26. The van der Waals surface area contributed by atoms with Gasteiger partial charge < -0.3 is 4.98 Å². The van der Waals surface area contributed by atoms with Crippen molar-refractivity contribution in [3.8, 4) is 0 Å². The van der Waals surface area contributed by atoms with E-state index < -0.39 is 0 Å². The summed E-state index contributed by atoms with van der Waals surface area (Å²) in [4.78, 5) is 15.5. The first-order valence-electron chi connectivity index (χ1n) is 8.33. The highest BCUT2D eigenvalue weighted by atomic mass is 16.1. The molecule has 4 heteroatoms. The number of nitrogens with one attached hydrogen (secondary N) is 3. The third-order valence-electron chi connectivity index (χ3n) is 4.51. The smallest absolute Gasteiger partial charge is 0.271 e. The van der Waals surface area contributed by atoms with E-state index in [1.165, 1.54) is 5.56 Å². The van der Waals surface area contributed by atoms with Gasteiger partial charge in [-0.05, 0) is 17.7 Å². The molecule has 4 rings (SSSR count). The Morgan fingerprint density at radius 1 is 0.960 bits per heavy atom. The fraction of sp³-hybridized carbons (Fsp3) is 0.0952. The lowest BCUT2D eigenvalue weighted by molar-refractivity contribution is 0.987. The summed E-state index contributed by atoms with van der Waals surface area (Å²) in [7, 11) is 0. The second-order valence-corrected chi connectivity index (χ2v) is 6.21. The van der Waals surface area contributed by atoms with Gasteiger partial charge in [0, 0.05) is 28.6 Å². The van der Waals surface area contributed by atoms with Crippen LogP contribution in [0.25, 0.3) is 23.1 Å². The lowest BCUT2D eigenvalue weighted by Gasteiger charge is -2.04. The lowest BCUT2D eigenvalue weighted by Crippen LogP contribution is -2.33. The lowest BCUT2D eigenvalue weighted by atomic mass is 10.0. The Bertz CT molecular complexity index is 1180. The Labute approximate surface area is 144 Å². The number of hydrogen-bond acceptors (Lipinski definition) is 1. The molecule has 1 atom stereocenters. The van der Waals surface area contributed by atoms with Crippen LogP contribution in [0.3, 0.4) is 0 Å². The van der Waals surface area contributed by atoms with Gasteiger partial charge in [-0.2, -0.15) is 0 Å². The van der Waals surface area contributed by atoms with E-state index in [0.29, 0.717) is 5.22 Å². The molecule has 0 saturated carbocycles.